The number of rotatable bonds is 0. The second-order valence-electron chi connectivity index (χ2n) is 11.3. The zero-order valence-electron chi connectivity index (χ0n) is 23.1. The molecule has 10 rings (SSSR count). The van der Waals surface area contributed by atoms with Crippen molar-refractivity contribution in [1.29, 1.82) is 0 Å². The van der Waals surface area contributed by atoms with Crippen LogP contribution in [0, 0.1) is 18.2 Å². The number of alkyl halides is 4. The molecular weight excluding hydrogens is 755 g/mol. The quantitative estimate of drug-likeness (QED) is 0.121. The van der Waals surface area contributed by atoms with E-state index in [2.05, 4.69) is 33.2 Å². The van der Waals surface area contributed by atoms with Crippen LogP contribution in [0.1, 0.15) is 67.5 Å². The first-order valence-electron chi connectivity index (χ1n) is 14.1. The summed E-state index contributed by atoms with van der Waals surface area (Å²) in [6.07, 6.45) is 0. The summed E-state index contributed by atoms with van der Waals surface area (Å²) in [5.74, 6) is 0. The number of hydrogen-bond donors (Lipinski definition) is 0. The van der Waals surface area contributed by atoms with Crippen LogP contribution in [0.15, 0.2) is 109 Å². The zero-order chi connectivity index (χ0) is 29.9. The summed E-state index contributed by atoms with van der Waals surface area (Å²) in [6.45, 7) is 0. The topological polar surface area (TPSA) is 38.7 Å². The van der Waals surface area contributed by atoms with Gasteiger partial charge in [0.05, 0.1) is 34.2 Å². The number of aromatic nitrogens is 3. The summed E-state index contributed by atoms with van der Waals surface area (Å²) < 4.78 is 73.0. The van der Waals surface area contributed by atoms with E-state index in [-0.39, 0.29) is 87.6 Å². The SMILES string of the molecule is FC12c3[c-]c(ccc3)C3(F)c4cccc(n4)C(F)(c4[c-]c1ccc4)c1cccc(n1)C(F)(c1[c-]c2ccc1)c1cccc3n1.[Ir+3]. The smallest absolute Gasteiger partial charge is 0.250 e. The van der Waals surface area contributed by atoms with Gasteiger partial charge in [0, 0.05) is 0 Å². The first kappa shape index (κ1) is 28.0. The minimum atomic E-state index is -2.68. The summed E-state index contributed by atoms with van der Waals surface area (Å²) in [4.78, 5) is 13.8. The van der Waals surface area contributed by atoms with Crippen molar-refractivity contribution in [2.75, 3.05) is 0 Å². The molecule has 3 nitrogen and oxygen atoms in total. The average molecular weight is 773 g/mol. The summed E-state index contributed by atoms with van der Waals surface area (Å²) in [5, 5.41) is 0. The third kappa shape index (κ3) is 3.41. The maximum absolute atomic E-state index is 18.3. The Labute approximate surface area is 269 Å². The summed E-state index contributed by atoms with van der Waals surface area (Å²) >= 11 is 0. The average Bonchev–Trinajstić information content (AvgIpc) is 3.09. The Balaban J connectivity index is 0.00000300. The van der Waals surface area contributed by atoms with Gasteiger partial charge in [-0.25, -0.2) is 32.5 Å². The second kappa shape index (κ2) is 9.25. The predicted octanol–water partition coefficient (Wildman–Crippen LogP) is 7.26. The first-order chi connectivity index (χ1) is 21.3. The van der Waals surface area contributed by atoms with Crippen LogP contribution >= 0.6 is 0 Å². The van der Waals surface area contributed by atoms with E-state index in [9.17, 15) is 0 Å². The van der Waals surface area contributed by atoms with Crippen LogP contribution in [0.4, 0.5) is 17.6 Å². The van der Waals surface area contributed by atoms with E-state index in [1.807, 2.05) is 0 Å². The van der Waals surface area contributed by atoms with Gasteiger partial charge in [0.2, 0.25) is 0 Å². The number of pyridine rings is 3. The fourth-order valence-corrected chi connectivity index (χ4v) is 6.72. The van der Waals surface area contributed by atoms with Crippen LogP contribution in [-0.2, 0) is 42.8 Å². The Kier molecular flexibility index (Phi) is 5.76. The molecule has 0 radical (unpaired) electrons. The first-order valence-corrected chi connectivity index (χ1v) is 14.1. The molecule has 6 aromatic rings. The van der Waals surface area contributed by atoms with Crippen molar-refractivity contribution in [1.82, 2.24) is 15.0 Å². The summed E-state index contributed by atoms with van der Waals surface area (Å²) in [7, 11) is 0. The minimum Gasteiger partial charge on any atom is -0.250 e. The minimum absolute atomic E-state index is 0. The second-order valence-corrected chi connectivity index (χ2v) is 11.3. The van der Waals surface area contributed by atoms with Gasteiger partial charge in [-0.1, -0.05) is 18.2 Å². The molecule has 3 aromatic carbocycles. The largest absolute Gasteiger partial charge is 3.00 e. The molecule has 0 N–H and O–H groups in total. The van der Waals surface area contributed by atoms with Gasteiger partial charge in [-0.2, -0.15) is 72.8 Å². The molecule has 3 aromatic heterocycles. The van der Waals surface area contributed by atoms with E-state index in [1.165, 1.54) is 109 Å². The van der Waals surface area contributed by atoms with Gasteiger partial charge in [-0.15, -0.1) is 33.4 Å². The zero-order valence-corrected chi connectivity index (χ0v) is 25.5. The van der Waals surface area contributed by atoms with Crippen LogP contribution in [0.2, 0.25) is 0 Å². The van der Waals surface area contributed by atoms with E-state index in [0.29, 0.717) is 0 Å². The third-order valence-corrected chi connectivity index (χ3v) is 8.98. The van der Waals surface area contributed by atoms with E-state index in [4.69, 9.17) is 0 Å². The monoisotopic (exact) mass is 773 g/mol. The van der Waals surface area contributed by atoms with Gasteiger partial charge in [0.1, 0.15) is 5.67 Å². The van der Waals surface area contributed by atoms with Crippen molar-refractivity contribution in [3.05, 3.63) is 195 Å². The molecule has 0 aliphatic carbocycles. The van der Waals surface area contributed by atoms with Crippen molar-refractivity contribution in [3.8, 4) is 0 Å². The fraction of sp³-hybridized carbons (Fsp3) is 0.108. The number of halogens is 4. The van der Waals surface area contributed by atoms with Crippen LogP contribution in [0.5, 0.6) is 0 Å². The standard InChI is InChI=1S/C37H18F4N3.Ir/c38-34-22-7-1-10-25(19-22)35(39)28-13-4-15-30(42-28)36(40,26-11-2-8-23(34)20-26)32-17-6-18-33(44-32)37(41,27-12-3-9-24(34)21-27)31-16-5-14-29(35)43-31;/h1-18H;/q-3;+3. The molecule has 0 amide bonds. The Bertz CT molecular complexity index is 1660. The van der Waals surface area contributed by atoms with Crippen molar-refractivity contribution in [2.45, 2.75) is 22.7 Å². The van der Waals surface area contributed by atoms with Gasteiger partial charge in [0.25, 0.3) is 0 Å². The number of nitrogens with zero attached hydrogens (tertiary/aromatic N) is 3. The van der Waals surface area contributed by atoms with Crippen LogP contribution in [0.25, 0.3) is 0 Å². The Hall–Kier alpha value is -4.52. The number of hydrogen-bond acceptors (Lipinski definition) is 3. The van der Waals surface area contributed by atoms with E-state index in [1.54, 1.807) is 0 Å². The predicted molar refractivity (Wildman–Crippen MR) is 153 cm³/mol. The fourth-order valence-electron chi connectivity index (χ4n) is 6.72. The third-order valence-electron chi connectivity index (χ3n) is 8.98. The molecule has 0 saturated carbocycles. The Morgan fingerprint density at radius 3 is 0.778 bits per heavy atom. The number of benzene rings is 3. The molecule has 0 spiro atoms. The molecule has 0 unspecified atom stereocenters. The molecule has 4 aliphatic rings. The molecule has 4 aliphatic heterocycles. The van der Waals surface area contributed by atoms with E-state index in [0.717, 1.165) is 0 Å². The molecule has 0 saturated heterocycles. The van der Waals surface area contributed by atoms with Gasteiger partial charge in [-0.05, 0) is 36.4 Å². The van der Waals surface area contributed by atoms with Gasteiger partial charge < -0.3 is 0 Å². The van der Waals surface area contributed by atoms with Crippen LogP contribution in [0.3, 0.4) is 0 Å². The molecule has 218 valence electrons. The molecule has 0 fully saturated rings. The van der Waals surface area contributed by atoms with Crippen molar-refractivity contribution in [3.63, 3.8) is 0 Å². The summed E-state index contributed by atoms with van der Waals surface area (Å²) in [5.41, 5.74) is -12.6. The van der Waals surface area contributed by atoms with Crippen LogP contribution in [-0.4, -0.2) is 15.0 Å². The Morgan fingerprint density at radius 1 is 0.333 bits per heavy atom. The van der Waals surface area contributed by atoms with Crippen LogP contribution < -0.4 is 0 Å². The maximum Gasteiger partial charge on any atom is 3.00 e. The molecule has 7 heterocycles. The summed E-state index contributed by atoms with van der Waals surface area (Å²) in [6, 6.07) is 35.3. The van der Waals surface area contributed by atoms with Crippen molar-refractivity contribution >= 4 is 0 Å². The molecule has 16 bridgehead atoms. The van der Waals surface area contributed by atoms with Gasteiger partial charge >= 0.3 is 20.1 Å². The van der Waals surface area contributed by atoms with Crippen molar-refractivity contribution < 1.29 is 37.7 Å². The normalized spacial score (nSPS) is 26.4. The van der Waals surface area contributed by atoms with Gasteiger partial charge in [-0.3, -0.25) is 0 Å². The maximum atomic E-state index is 18.3. The van der Waals surface area contributed by atoms with E-state index >= 15 is 17.6 Å². The molecular formula is C37H18F4IrN3. The van der Waals surface area contributed by atoms with Crippen molar-refractivity contribution in [2.24, 2.45) is 0 Å². The van der Waals surface area contributed by atoms with Gasteiger partial charge in [0.15, 0.2) is 17.0 Å². The molecule has 45 heavy (non-hydrogen) atoms. The molecule has 0 atom stereocenters. The Morgan fingerprint density at radius 2 is 0.533 bits per heavy atom. The molecule has 8 heteroatoms. The van der Waals surface area contributed by atoms with E-state index < -0.39 is 22.7 Å².